The molecule has 26 heteroatoms. The fourth-order valence-electron chi connectivity index (χ4n) is 9.55. The second-order valence-corrected chi connectivity index (χ2v) is 18.8. The van der Waals surface area contributed by atoms with Gasteiger partial charge in [-0.1, -0.05) is 109 Å². The van der Waals surface area contributed by atoms with Crippen molar-refractivity contribution in [3.8, 4) is 11.3 Å². The summed E-state index contributed by atoms with van der Waals surface area (Å²) in [5, 5.41) is 2.58. The van der Waals surface area contributed by atoms with Crippen LogP contribution in [0.25, 0.3) is 22.0 Å². The molecule has 0 N–H and O–H groups in total. The summed E-state index contributed by atoms with van der Waals surface area (Å²) in [4.78, 5) is 0. The molecule has 0 saturated heterocycles. The van der Waals surface area contributed by atoms with Crippen LogP contribution in [0.3, 0.4) is 0 Å². The predicted octanol–water partition coefficient (Wildman–Crippen LogP) is 16.7. The third-order valence-electron chi connectivity index (χ3n) is 13.4. The van der Waals surface area contributed by atoms with Crippen LogP contribution >= 0.6 is 0 Å². The smallest absolute Gasteiger partial charge is 0.194 e. The molecular formula is C56H34BF24N. The quantitative estimate of drug-likeness (QED) is 0.0851. The van der Waals surface area contributed by atoms with Gasteiger partial charge < -0.3 is 0 Å². The number of nitrogens with zero attached hydrogens (tertiary/aromatic N) is 1. The molecule has 434 valence electrons. The lowest BCUT2D eigenvalue weighted by Gasteiger charge is -2.46. The Balaban J connectivity index is 0.000000318. The number of halogens is 24. The van der Waals surface area contributed by atoms with Gasteiger partial charge in [0, 0.05) is 17.2 Å². The molecule has 8 aromatic rings. The monoisotopic (exact) mass is 1190 g/mol. The van der Waals surface area contributed by atoms with Gasteiger partial charge in [-0.25, -0.2) is 0 Å². The number of aryl methyl sites for hydroxylation is 1. The van der Waals surface area contributed by atoms with E-state index in [1.807, 2.05) is 0 Å². The van der Waals surface area contributed by atoms with E-state index >= 15 is 0 Å². The van der Waals surface area contributed by atoms with Crippen LogP contribution in [0.1, 0.15) is 61.2 Å². The Morgan fingerprint density at radius 2 is 0.634 bits per heavy atom. The number of rotatable bonds is 7. The first-order valence-corrected chi connectivity index (χ1v) is 23.4. The number of benzene rings is 7. The van der Waals surface area contributed by atoms with Crippen molar-refractivity contribution in [2.24, 2.45) is 0 Å². The lowest BCUT2D eigenvalue weighted by Crippen LogP contribution is -2.75. The number of hydrogen-bond acceptors (Lipinski definition) is 0. The van der Waals surface area contributed by atoms with Gasteiger partial charge in [0.25, 0.3) is 0 Å². The number of aromatic nitrogens is 1. The average Bonchev–Trinajstić information content (AvgIpc) is 2.13. The summed E-state index contributed by atoms with van der Waals surface area (Å²) in [7, 11) is 0. The topological polar surface area (TPSA) is 3.88 Å². The second-order valence-electron chi connectivity index (χ2n) is 18.8. The van der Waals surface area contributed by atoms with Crippen molar-refractivity contribution >= 4 is 38.8 Å². The minimum Gasteiger partial charge on any atom is -0.194 e. The van der Waals surface area contributed by atoms with Crippen molar-refractivity contribution in [3.05, 3.63) is 219 Å². The SMILES string of the molecule is Cc1cccc(-c2c3ccccc3cc[n+]2Cc2ccccc2)c1C.FC(F)(F)c1cc([B-](c2cc(C(F)(F)F)cc(C(F)(F)F)c2)(c2cc(C(F)(F)F)cc(C(F)(F)F)c2)c2cc(C(F)(F)F)cc(C(F)(F)F)c2)cc(C(F)(F)F)c1. The van der Waals surface area contributed by atoms with Crippen molar-refractivity contribution in [2.45, 2.75) is 69.8 Å². The van der Waals surface area contributed by atoms with E-state index in [0.717, 1.165) is 6.54 Å². The van der Waals surface area contributed by atoms with Crippen molar-refractivity contribution in [1.29, 1.82) is 0 Å². The van der Waals surface area contributed by atoms with Crippen molar-refractivity contribution < 1.29 is 110 Å². The molecule has 82 heavy (non-hydrogen) atoms. The first kappa shape index (κ1) is 61.9. The van der Waals surface area contributed by atoms with Crippen molar-refractivity contribution in [3.63, 3.8) is 0 Å². The Hall–Kier alpha value is -7.67. The van der Waals surface area contributed by atoms with Gasteiger partial charge in [0.15, 0.2) is 12.7 Å². The molecule has 0 saturated carbocycles. The molecule has 0 amide bonds. The highest BCUT2D eigenvalue weighted by Crippen LogP contribution is 2.42. The molecule has 0 aliphatic carbocycles. The molecule has 0 bridgehead atoms. The maximum absolute atomic E-state index is 14.2. The highest BCUT2D eigenvalue weighted by molar-refractivity contribution is 7.20. The van der Waals surface area contributed by atoms with Gasteiger partial charge in [0.2, 0.25) is 5.69 Å². The van der Waals surface area contributed by atoms with E-state index in [4.69, 9.17) is 0 Å². The Morgan fingerprint density at radius 1 is 0.329 bits per heavy atom. The fraction of sp³-hybridized carbons (Fsp3) is 0.196. The minimum absolute atomic E-state index is 0.691. The highest BCUT2D eigenvalue weighted by atomic mass is 19.4. The first-order valence-electron chi connectivity index (χ1n) is 23.4. The van der Waals surface area contributed by atoms with Crippen molar-refractivity contribution in [2.75, 3.05) is 0 Å². The molecule has 8 rings (SSSR count). The molecule has 0 unspecified atom stereocenters. The van der Waals surface area contributed by atoms with Crippen LogP contribution in [0.15, 0.2) is 158 Å². The summed E-state index contributed by atoms with van der Waals surface area (Å²) in [5.41, 5.74) is -23.6. The van der Waals surface area contributed by atoms with Gasteiger partial charge in [0.05, 0.1) is 49.9 Å². The standard InChI is InChI=1S/C32H12BF24.C24H22N/c34-25(35,36)13-1-14(26(37,38)39)6-21(5-13)33(22-7-15(27(40,41)42)2-16(8-22)28(43,44)45,23-9-17(29(46,47)48)3-18(10-23)30(49,50)51)24-11-19(31(52,53)54)4-20(12-24)32(55,56)57;1-18-9-8-14-22(19(18)2)24-23-13-7-6-12-21(23)15-16-25(24)17-20-10-4-3-5-11-20/h1-12H;3-16H,17H2,1-2H3/q-1;+1. The van der Waals surface area contributed by atoms with Gasteiger partial charge in [-0.3, -0.25) is 0 Å². The molecule has 1 nitrogen and oxygen atoms in total. The molecule has 7 aromatic carbocycles. The zero-order chi connectivity index (χ0) is 61.1. The van der Waals surface area contributed by atoms with Crippen LogP contribution in [-0.4, -0.2) is 6.15 Å². The highest BCUT2D eigenvalue weighted by Gasteiger charge is 2.47. The Morgan fingerprint density at radius 3 is 0.951 bits per heavy atom. The lowest BCUT2D eigenvalue weighted by molar-refractivity contribution is -0.676. The zero-order valence-electron chi connectivity index (χ0n) is 41.3. The summed E-state index contributed by atoms with van der Waals surface area (Å²) in [6.45, 7) is 5.28. The molecule has 0 spiro atoms. The second kappa shape index (κ2) is 21.6. The molecule has 1 heterocycles. The predicted molar refractivity (Wildman–Crippen MR) is 255 cm³/mol. The van der Waals surface area contributed by atoms with Crippen LogP contribution in [-0.2, 0) is 56.0 Å². The van der Waals surface area contributed by atoms with E-state index in [1.54, 1.807) is 0 Å². The molecule has 0 atom stereocenters. The van der Waals surface area contributed by atoms with E-state index in [1.165, 1.54) is 38.7 Å². The number of alkyl halides is 24. The normalized spacial score (nSPS) is 13.3. The molecule has 0 fully saturated rings. The van der Waals surface area contributed by atoms with Gasteiger partial charge in [-0.2, -0.15) is 132 Å². The van der Waals surface area contributed by atoms with E-state index in [2.05, 4.69) is 103 Å². The van der Waals surface area contributed by atoms with Gasteiger partial charge in [-0.15, -0.1) is 0 Å². The van der Waals surface area contributed by atoms with E-state index in [0.29, 0.717) is 0 Å². The van der Waals surface area contributed by atoms with E-state index in [9.17, 15) is 105 Å². The van der Waals surface area contributed by atoms with Gasteiger partial charge in [0.1, 0.15) is 6.15 Å². The molecular weight excluding hydrogens is 1150 g/mol. The summed E-state index contributed by atoms with van der Waals surface area (Å²) in [6, 6.07) is 19.3. The van der Waals surface area contributed by atoms with Crippen LogP contribution in [0.5, 0.6) is 0 Å². The molecule has 0 aliphatic rings. The van der Waals surface area contributed by atoms with Gasteiger partial charge in [-0.05, 0) is 66.8 Å². The van der Waals surface area contributed by atoms with Crippen LogP contribution < -0.4 is 26.4 Å². The summed E-state index contributed by atoms with van der Waals surface area (Å²) in [6.07, 6.45) is -52.6. The largest absolute Gasteiger partial charge is 0.416 e. The van der Waals surface area contributed by atoms with Crippen LogP contribution in [0.4, 0.5) is 105 Å². The maximum atomic E-state index is 14.2. The Kier molecular flexibility index (Phi) is 16.3. The van der Waals surface area contributed by atoms with E-state index < -0.39 is 195 Å². The lowest BCUT2D eigenvalue weighted by atomic mass is 9.12. The summed E-state index contributed by atoms with van der Waals surface area (Å²) in [5.74, 6) is 0. The molecule has 1 aromatic heterocycles. The number of pyridine rings is 1. The summed E-state index contributed by atoms with van der Waals surface area (Å²) >= 11 is 0. The third kappa shape index (κ3) is 13.3. The van der Waals surface area contributed by atoms with Crippen LogP contribution in [0.2, 0.25) is 0 Å². The first-order chi connectivity index (χ1) is 37.5. The fourth-order valence-corrected chi connectivity index (χ4v) is 9.55. The number of fused-ring (bicyclic) bond motifs is 1. The molecule has 0 aliphatic heterocycles. The molecule has 0 radical (unpaired) electrons. The Bertz CT molecular complexity index is 3200. The van der Waals surface area contributed by atoms with Gasteiger partial charge >= 0.3 is 49.4 Å². The van der Waals surface area contributed by atoms with Crippen molar-refractivity contribution in [1.82, 2.24) is 0 Å². The number of hydrogen-bond donors (Lipinski definition) is 0. The van der Waals surface area contributed by atoms with E-state index in [-0.39, 0.29) is 0 Å². The maximum Gasteiger partial charge on any atom is 0.416 e. The van der Waals surface area contributed by atoms with Crippen LogP contribution in [0, 0.1) is 13.8 Å². The Labute approximate surface area is 448 Å². The minimum atomic E-state index is -6.13. The third-order valence-corrected chi connectivity index (χ3v) is 13.4. The summed E-state index contributed by atoms with van der Waals surface area (Å²) < 4.78 is 343. The average molecular weight is 1190 g/mol. The zero-order valence-corrected chi connectivity index (χ0v) is 41.3.